The number of carbonyl (C=O) groups is 1. The van der Waals surface area contributed by atoms with Gasteiger partial charge in [0.15, 0.2) is 11.5 Å². The smallest absolute Gasteiger partial charge is 0.275 e. The first-order valence-corrected chi connectivity index (χ1v) is 10.4. The van der Waals surface area contributed by atoms with Gasteiger partial charge in [0.05, 0.1) is 26.0 Å². The SMILES string of the molecule is COc1cc(/C=N\NC(=O)c2cc3ccccc3cc2OC)ccc1OCc1ccccc1. The number of benzene rings is 4. The van der Waals surface area contributed by atoms with Crippen LogP contribution in [0.25, 0.3) is 10.8 Å². The lowest BCUT2D eigenvalue weighted by Gasteiger charge is -2.11. The lowest BCUT2D eigenvalue weighted by atomic mass is 10.1. The Morgan fingerprint density at radius 3 is 2.24 bits per heavy atom. The minimum atomic E-state index is -0.358. The van der Waals surface area contributed by atoms with Crippen molar-refractivity contribution >= 4 is 22.9 Å². The quantitative estimate of drug-likeness (QED) is 0.302. The van der Waals surface area contributed by atoms with Gasteiger partial charge in [0.2, 0.25) is 0 Å². The summed E-state index contributed by atoms with van der Waals surface area (Å²) in [7, 11) is 3.12. The van der Waals surface area contributed by atoms with Gasteiger partial charge in [0.1, 0.15) is 12.4 Å². The highest BCUT2D eigenvalue weighted by Gasteiger charge is 2.13. The summed E-state index contributed by atoms with van der Waals surface area (Å²) >= 11 is 0. The molecule has 6 heteroatoms. The van der Waals surface area contributed by atoms with Crippen LogP contribution in [0.2, 0.25) is 0 Å². The molecule has 0 aromatic heterocycles. The Labute approximate surface area is 192 Å². The van der Waals surface area contributed by atoms with E-state index in [2.05, 4.69) is 10.5 Å². The van der Waals surface area contributed by atoms with Crippen LogP contribution in [-0.2, 0) is 6.61 Å². The average molecular weight is 440 g/mol. The molecule has 0 saturated carbocycles. The Hall–Kier alpha value is -4.32. The van der Waals surface area contributed by atoms with Crippen LogP contribution >= 0.6 is 0 Å². The van der Waals surface area contributed by atoms with Crippen LogP contribution in [0.1, 0.15) is 21.5 Å². The lowest BCUT2D eigenvalue weighted by molar-refractivity contribution is 0.0952. The molecule has 0 aliphatic rings. The first kappa shape index (κ1) is 21.9. The van der Waals surface area contributed by atoms with E-state index in [1.807, 2.05) is 72.8 Å². The highest BCUT2D eigenvalue weighted by atomic mass is 16.5. The number of amides is 1. The van der Waals surface area contributed by atoms with Crippen LogP contribution < -0.4 is 19.6 Å². The summed E-state index contributed by atoms with van der Waals surface area (Å²) in [6.45, 7) is 0.439. The van der Waals surface area contributed by atoms with Crippen LogP contribution in [-0.4, -0.2) is 26.3 Å². The van der Waals surface area contributed by atoms with Crippen molar-refractivity contribution in [1.82, 2.24) is 5.43 Å². The predicted molar refractivity (Wildman–Crippen MR) is 129 cm³/mol. The topological polar surface area (TPSA) is 69.2 Å². The van der Waals surface area contributed by atoms with E-state index in [0.29, 0.717) is 29.4 Å². The van der Waals surface area contributed by atoms with Gasteiger partial charge in [-0.3, -0.25) is 4.79 Å². The van der Waals surface area contributed by atoms with E-state index in [9.17, 15) is 4.79 Å². The molecule has 0 bridgehead atoms. The molecule has 6 nitrogen and oxygen atoms in total. The third-order valence-corrected chi connectivity index (χ3v) is 5.12. The largest absolute Gasteiger partial charge is 0.496 e. The molecule has 0 saturated heterocycles. The summed E-state index contributed by atoms with van der Waals surface area (Å²) in [5.41, 5.74) is 4.80. The molecule has 4 rings (SSSR count). The molecule has 1 amide bonds. The minimum absolute atomic E-state index is 0.358. The van der Waals surface area contributed by atoms with Crippen molar-refractivity contribution in [2.75, 3.05) is 14.2 Å². The number of rotatable bonds is 8. The fourth-order valence-electron chi connectivity index (χ4n) is 3.41. The average Bonchev–Trinajstić information content (AvgIpc) is 2.87. The molecule has 0 fully saturated rings. The minimum Gasteiger partial charge on any atom is -0.496 e. The van der Waals surface area contributed by atoms with E-state index in [-0.39, 0.29) is 5.91 Å². The summed E-state index contributed by atoms with van der Waals surface area (Å²) in [6.07, 6.45) is 1.55. The van der Waals surface area contributed by atoms with Gasteiger partial charge in [0, 0.05) is 0 Å². The zero-order chi connectivity index (χ0) is 23.0. The normalized spacial score (nSPS) is 10.8. The molecule has 0 aliphatic heterocycles. The Morgan fingerprint density at radius 1 is 0.818 bits per heavy atom. The van der Waals surface area contributed by atoms with E-state index in [4.69, 9.17) is 14.2 Å². The van der Waals surface area contributed by atoms with Crippen LogP contribution in [0.5, 0.6) is 17.2 Å². The fraction of sp³-hybridized carbons (Fsp3) is 0.111. The molecular weight excluding hydrogens is 416 g/mol. The number of fused-ring (bicyclic) bond motifs is 1. The molecule has 33 heavy (non-hydrogen) atoms. The van der Waals surface area contributed by atoms with E-state index in [1.165, 1.54) is 7.11 Å². The molecule has 0 aliphatic carbocycles. The van der Waals surface area contributed by atoms with Crippen molar-refractivity contribution in [2.45, 2.75) is 6.61 Å². The van der Waals surface area contributed by atoms with Crippen LogP contribution in [0.15, 0.2) is 90.0 Å². The molecular formula is C27H24N2O4. The molecule has 4 aromatic rings. The van der Waals surface area contributed by atoms with Crippen molar-refractivity contribution in [2.24, 2.45) is 5.10 Å². The summed E-state index contributed by atoms with van der Waals surface area (Å²) in [6, 6.07) is 26.8. The Bertz CT molecular complexity index is 1290. The second-order valence-electron chi connectivity index (χ2n) is 7.28. The van der Waals surface area contributed by atoms with E-state index >= 15 is 0 Å². The Balaban J connectivity index is 1.44. The molecule has 1 N–H and O–H groups in total. The third-order valence-electron chi connectivity index (χ3n) is 5.12. The van der Waals surface area contributed by atoms with Crippen LogP contribution in [0.4, 0.5) is 0 Å². The van der Waals surface area contributed by atoms with E-state index < -0.39 is 0 Å². The number of hydrazone groups is 1. The molecule has 0 heterocycles. The van der Waals surface area contributed by atoms with Crippen molar-refractivity contribution in [1.29, 1.82) is 0 Å². The number of ether oxygens (including phenoxy) is 3. The highest BCUT2D eigenvalue weighted by Crippen LogP contribution is 2.29. The first-order valence-electron chi connectivity index (χ1n) is 10.4. The van der Waals surface area contributed by atoms with Crippen LogP contribution in [0, 0.1) is 0 Å². The zero-order valence-electron chi connectivity index (χ0n) is 18.4. The maximum Gasteiger partial charge on any atom is 0.275 e. The predicted octanol–water partition coefficient (Wildman–Crippen LogP) is 5.20. The summed E-state index contributed by atoms with van der Waals surface area (Å²) in [4.78, 5) is 12.7. The van der Waals surface area contributed by atoms with Crippen molar-refractivity contribution in [3.05, 3.63) is 102 Å². The lowest BCUT2D eigenvalue weighted by Crippen LogP contribution is -2.18. The summed E-state index contributed by atoms with van der Waals surface area (Å²) in [5, 5.41) is 6.04. The second-order valence-corrected chi connectivity index (χ2v) is 7.28. The zero-order valence-corrected chi connectivity index (χ0v) is 18.4. The number of hydrogen-bond donors (Lipinski definition) is 1. The van der Waals surface area contributed by atoms with Gasteiger partial charge in [-0.25, -0.2) is 5.43 Å². The van der Waals surface area contributed by atoms with E-state index in [0.717, 1.165) is 21.9 Å². The van der Waals surface area contributed by atoms with Gasteiger partial charge >= 0.3 is 0 Å². The Kier molecular flexibility index (Phi) is 6.85. The van der Waals surface area contributed by atoms with Gasteiger partial charge in [-0.05, 0) is 52.2 Å². The van der Waals surface area contributed by atoms with Gasteiger partial charge in [-0.2, -0.15) is 5.10 Å². The molecule has 0 radical (unpaired) electrons. The maximum absolute atomic E-state index is 12.7. The van der Waals surface area contributed by atoms with Crippen molar-refractivity contribution in [3.8, 4) is 17.2 Å². The van der Waals surface area contributed by atoms with Gasteiger partial charge in [-0.1, -0.05) is 54.6 Å². The molecule has 4 aromatic carbocycles. The monoisotopic (exact) mass is 440 g/mol. The van der Waals surface area contributed by atoms with Gasteiger partial charge < -0.3 is 14.2 Å². The number of nitrogens with zero attached hydrogens (tertiary/aromatic N) is 1. The summed E-state index contributed by atoms with van der Waals surface area (Å²) in [5.74, 6) is 1.34. The van der Waals surface area contributed by atoms with Crippen LogP contribution in [0.3, 0.4) is 0 Å². The van der Waals surface area contributed by atoms with Crippen molar-refractivity contribution in [3.63, 3.8) is 0 Å². The van der Waals surface area contributed by atoms with Gasteiger partial charge in [-0.15, -0.1) is 0 Å². The number of carbonyl (C=O) groups excluding carboxylic acids is 1. The van der Waals surface area contributed by atoms with E-state index in [1.54, 1.807) is 25.5 Å². The molecule has 0 unspecified atom stereocenters. The molecule has 166 valence electrons. The highest BCUT2D eigenvalue weighted by molar-refractivity contribution is 6.02. The Morgan fingerprint density at radius 2 is 1.52 bits per heavy atom. The number of methoxy groups -OCH3 is 2. The first-order chi connectivity index (χ1) is 16.2. The second kappa shape index (κ2) is 10.3. The fourth-order valence-corrected chi connectivity index (χ4v) is 3.41. The molecule has 0 atom stereocenters. The number of nitrogens with one attached hydrogen (secondary N) is 1. The third kappa shape index (κ3) is 5.30. The standard InChI is InChI=1S/C27H24N2O4/c1-31-25-16-22-11-7-6-10-21(22)15-23(25)27(30)29-28-17-20-12-13-24(26(14-20)32-2)33-18-19-8-4-3-5-9-19/h3-17H,18H2,1-2H3,(H,29,30)/b28-17-. The van der Waals surface area contributed by atoms with Gasteiger partial charge in [0.25, 0.3) is 5.91 Å². The van der Waals surface area contributed by atoms with Crippen molar-refractivity contribution < 1.29 is 19.0 Å². The number of hydrogen-bond acceptors (Lipinski definition) is 5. The summed E-state index contributed by atoms with van der Waals surface area (Å²) < 4.78 is 16.7. The molecule has 0 spiro atoms. The maximum atomic E-state index is 12.7.